The number of methoxy groups -OCH3 is 6. The van der Waals surface area contributed by atoms with Crippen molar-refractivity contribution in [1.29, 1.82) is 0 Å². The van der Waals surface area contributed by atoms with Crippen molar-refractivity contribution < 1.29 is 33.4 Å². The summed E-state index contributed by atoms with van der Waals surface area (Å²) in [5.41, 5.74) is 4.88. The maximum absolute atomic E-state index is 5.78. The minimum atomic E-state index is 0.532. The molecule has 0 radical (unpaired) electrons. The number of rotatable bonds is 18. The van der Waals surface area contributed by atoms with E-state index >= 15 is 0 Å². The van der Waals surface area contributed by atoms with Crippen LogP contribution < -0.4 is 33.4 Å². The Kier molecular flexibility index (Phi) is 15.9. The molecule has 3 N–H and O–H groups in total. The van der Waals surface area contributed by atoms with E-state index in [2.05, 4.69) is 124 Å². The van der Waals surface area contributed by atoms with Crippen molar-refractivity contribution >= 4 is 92.6 Å². The highest BCUT2D eigenvalue weighted by molar-refractivity contribution is 8.01. The summed E-state index contributed by atoms with van der Waals surface area (Å²) in [7, 11) is 10.1. The fraction of sp³-hybridized carbons (Fsp3) is 0.0909. The molecule has 0 amide bonds. The predicted octanol–water partition coefficient (Wildman–Crippen LogP) is 17.6. The van der Waals surface area contributed by atoms with Crippen molar-refractivity contribution in [2.24, 2.45) is 0 Å². The van der Waals surface area contributed by atoms with Crippen LogP contribution in [0.3, 0.4) is 0 Å². The molecular weight excluding hydrogens is 1170 g/mol. The lowest BCUT2D eigenvalue weighted by Crippen LogP contribution is -2.06. The van der Waals surface area contributed by atoms with Crippen molar-refractivity contribution in [3.8, 4) is 80.0 Å². The molecule has 2 aliphatic heterocycles. The third kappa shape index (κ3) is 11.2. The van der Waals surface area contributed by atoms with Crippen LogP contribution in [0.2, 0.25) is 0 Å². The molecule has 2 aliphatic rings. The summed E-state index contributed by atoms with van der Waals surface area (Å²) in [6, 6.07) is 62.0. The zero-order valence-corrected chi connectivity index (χ0v) is 51.0. The van der Waals surface area contributed by atoms with Crippen LogP contribution in [0.4, 0.5) is 0 Å². The van der Waals surface area contributed by atoms with Crippen molar-refractivity contribution in [2.75, 3.05) is 42.7 Å². The van der Waals surface area contributed by atoms with Crippen molar-refractivity contribution in [3.05, 3.63) is 182 Å². The summed E-state index contributed by atoms with van der Waals surface area (Å²) in [5, 5.41) is 1.79. The third-order valence-electron chi connectivity index (χ3n) is 13.9. The first-order valence-corrected chi connectivity index (χ1v) is 31.3. The molecule has 84 heavy (non-hydrogen) atoms. The number of ether oxygens (including phenoxy) is 6. The van der Waals surface area contributed by atoms with E-state index < -0.39 is 0 Å². The summed E-state index contributed by atoms with van der Waals surface area (Å²) in [6.07, 6.45) is 0. The zero-order chi connectivity index (χ0) is 57.3. The van der Waals surface area contributed by atoms with E-state index in [9.17, 15) is 0 Å². The van der Waals surface area contributed by atoms with Gasteiger partial charge in [-0.15, -0.1) is 0 Å². The average molecular weight is 1220 g/mol. The standard InChI is InChI=1S/C66H50N6O6S6/c1-73-37-7-19-43(20-8-37)79-49-31-32-50(80-44-21-9-38(74-2)10-22-44)56-55(49)61-67-62(56)71-64-59-53(83-47-27-15-41(77-5)16-28-47)35-36-54(84-48-29-17-42(78-6)18-30-48)60(59)66(69-64)72-65-58-52(82-46-25-13-40(76-4)14-26-46)34-33-51(57(58)63(68-65)70-61)81-45-23-11-39(75-3)12-24-45/h7-36H,1-6H3,(H2,67,68,69,70,71,72)/p+1. The Bertz CT molecular complexity index is 4100. The molecule has 18 heteroatoms. The van der Waals surface area contributed by atoms with E-state index in [1.807, 2.05) is 72.8 Å². The fourth-order valence-electron chi connectivity index (χ4n) is 9.79. The number of nitrogens with one attached hydrogen (secondary N) is 3. The number of benzene rings is 9. The zero-order valence-electron chi connectivity index (χ0n) is 46.1. The molecule has 2 aromatic heterocycles. The van der Waals surface area contributed by atoms with Gasteiger partial charge in [0.05, 0.1) is 64.7 Å². The second kappa shape index (κ2) is 24.2. The minimum Gasteiger partial charge on any atom is -0.497 e. The summed E-state index contributed by atoms with van der Waals surface area (Å²) in [6.45, 7) is 0. The molecule has 416 valence electrons. The Balaban J connectivity index is 1.14. The monoisotopic (exact) mass is 1220 g/mol. The predicted molar refractivity (Wildman–Crippen MR) is 338 cm³/mol. The van der Waals surface area contributed by atoms with Gasteiger partial charge in [0.2, 0.25) is 17.3 Å². The molecule has 11 aromatic rings. The van der Waals surface area contributed by atoms with Crippen LogP contribution in [0.1, 0.15) is 0 Å². The largest absolute Gasteiger partial charge is 0.497 e. The van der Waals surface area contributed by atoms with Gasteiger partial charge in [-0.25, -0.2) is 9.97 Å². The summed E-state index contributed by atoms with van der Waals surface area (Å²) < 4.78 is 33.6. The van der Waals surface area contributed by atoms with Crippen LogP contribution in [-0.4, -0.2) is 67.6 Å². The van der Waals surface area contributed by atoms with Crippen molar-refractivity contribution in [3.63, 3.8) is 0 Å². The minimum absolute atomic E-state index is 0.532. The van der Waals surface area contributed by atoms with Crippen molar-refractivity contribution in [2.45, 2.75) is 58.7 Å². The molecule has 0 fully saturated rings. The van der Waals surface area contributed by atoms with Crippen LogP contribution in [-0.2, 0) is 0 Å². The number of aromatic nitrogens is 6. The topological polar surface area (TPSA) is 140 Å². The molecule has 12 nitrogen and oxygen atoms in total. The molecule has 0 saturated heterocycles. The Hall–Kier alpha value is -8.10. The first-order valence-electron chi connectivity index (χ1n) is 26.4. The average Bonchev–Trinajstić information content (AvgIpc) is 2.04. The van der Waals surface area contributed by atoms with Gasteiger partial charge in [0.1, 0.15) is 40.1 Å². The molecule has 4 heterocycles. The summed E-state index contributed by atoms with van der Waals surface area (Å²) in [5.74, 6) is 7.19. The number of hydrogen-bond donors (Lipinski definition) is 2. The first-order chi connectivity index (χ1) is 41.2. The molecule has 0 saturated carbocycles. The van der Waals surface area contributed by atoms with E-state index in [0.717, 1.165) is 132 Å². The van der Waals surface area contributed by atoms with Gasteiger partial charge in [0.15, 0.2) is 5.82 Å². The number of H-pyrrole nitrogens is 3. The molecular formula is C66H51N6O6S6+. The van der Waals surface area contributed by atoms with Gasteiger partial charge in [-0.3, -0.25) is 4.98 Å². The normalized spacial score (nSPS) is 11.5. The van der Waals surface area contributed by atoms with Gasteiger partial charge in [-0.05, 0) is 182 Å². The number of fused-ring (bicyclic) bond motifs is 15. The number of aromatic amines is 3. The van der Waals surface area contributed by atoms with E-state index in [1.165, 1.54) is 0 Å². The lowest BCUT2D eigenvalue weighted by molar-refractivity contribution is -0.353. The van der Waals surface area contributed by atoms with E-state index in [-0.39, 0.29) is 0 Å². The molecule has 9 aromatic carbocycles. The Labute approximate surface area is 510 Å². The lowest BCUT2D eigenvalue weighted by Gasteiger charge is -2.13. The van der Waals surface area contributed by atoms with Gasteiger partial charge >= 0.3 is 0 Å². The third-order valence-corrected chi connectivity index (χ3v) is 20.3. The second-order valence-electron chi connectivity index (χ2n) is 18.9. The first kappa shape index (κ1) is 55.1. The number of hydrogen-bond acceptors (Lipinski definition) is 15. The Morgan fingerprint density at radius 2 is 0.595 bits per heavy atom. The number of nitrogens with zero attached hydrogens (tertiary/aromatic N) is 3. The molecule has 0 atom stereocenters. The van der Waals surface area contributed by atoms with Crippen LogP contribution >= 0.6 is 70.6 Å². The SMILES string of the molecule is COc1ccc(Sc2ccc(Sc3ccc(OC)cc3)c3c2-c2nc-3[nH]c3[nH+]c(nc4[nH]c(n2)c2c(Sc5ccc(OC)cc5)ccc(Sc5ccc(OC)cc5)c42)-c2c(Sc4ccc(OC)cc4)ccc(Sc4ccc(OC)cc4)c2-3)cc1. The van der Waals surface area contributed by atoms with E-state index in [0.29, 0.717) is 28.8 Å². The van der Waals surface area contributed by atoms with Crippen LogP contribution in [0.15, 0.2) is 241 Å². The summed E-state index contributed by atoms with van der Waals surface area (Å²) >= 11 is 9.97. The highest BCUT2D eigenvalue weighted by atomic mass is 32.2. The maximum atomic E-state index is 5.78. The highest BCUT2D eigenvalue weighted by Crippen LogP contribution is 2.53. The smallest absolute Gasteiger partial charge is 0.272 e. The van der Waals surface area contributed by atoms with Gasteiger partial charge in [-0.1, -0.05) is 75.6 Å². The van der Waals surface area contributed by atoms with Gasteiger partial charge in [-0.2, -0.15) is 4.98 Å². The second-order valence-corrected chi connectivity index (χ2v) is 25.6. The molecule has 0 unspecified atom stereocenters. The van der Waals surface area contributed by atoms with Gasteiger partial charge in [0, 0.05) is 69.7 Å². The van der Waals surface area contributed by atoms with Gasteiger partial charge < -0.3 is 33.4 Å². The van der Waals surface area contributed by atoms with E-state index in [1.54, 1.807) is 113 Å². The van der Waals surface area contributed by atoms with Crippen LogP contribution in [0.25, 0.3) is 67.6 Å². The van der Waals surface area contributed by atoms with Gasteiger partial charge in [0.25, 0.3) is 5.82 Å². The Morgan fingerprint density at radius 1 is 0.298 bits per heavy atom. The Morgan fingerprint density at radius 3 is 0.952 bits per heavy atom. The molecule has 13 rings (SSSR count). The maximum Gasteiger partial charge on any atom is 0.272 e. The molecule has 0 spiro atoms. The molecule has 6 bridgehead atoms. The van der Waals surface area contributed by atoms with Crippen LogP contribution in [0.5, 0.6) is 34.5 Å². The summed E-state index contributed by atoms with van der Waals surface area (Å²) in [4.78, 5) is 41.0. The van der Waals surface area contributed by atoms with E-state index in [4.69, 9.17) is 43.4 Å². The fourth-order valence-corrected chi connectivity index (χ4v) is 15.6. The lowest BCUT2D eigenvalue weighted by atomic mass is 10.1. The van der Waals surface area contributed by atoms with Crippen molar-refractivity contribution in [1.82, 2.24) is 24.9 Å². The van der Waals surface area contributed by atoms with Crippen LogP contribution in [0, 0.1) is 0 Å². The molecule has 0 aliphatic carbocycles. The quantitative estimate of drug-likeness (QED) is 0.0841. The highest BCUT2D eigenvalue weighted by Gasteiger charge is 2.35.